The average molecular weight is 217 g/mol. The first-order valence-corrected chi connectivity index (χ1v) is 4.79. The number of rotatable bonds is 1. The van der Waals surface area contributed by atoms with E-state index in [0.29, 0.717) is 16.9 Å². The Hall–Kier alpha value is -2.17. The van der Waals surface area contributed by atoms with Gasteiger partial charge in [-0.2, -0.15) is 0 Å². The molecule has 2 heterocycles. The lowest BCUT2D eigenvalue weighted by Gasteiger charge is -2.06. The summed E-state index contributed by atoms with van der Waals surface area (Å²) >= 11 is 0. The molecule has 0 aliphatic rings. The first-order chi connectivity index (χ1) is 7.50. The summed E-state index contributed by atoms with van der Waals surface area (Å²) in [4.78, 5) is 29.6. The molecular formula is C11H11N3O2. The predicted molar refractivity (Wildman–Crippen MR) is 61.5 cm³/mol. The summed E-state index contributed by atoms with van der Waals surface area (Å²) in [5, 5.41) is 0.735. The van der Waals surface area contributed by atoms with E-state index in [1.54, 1.807) is 19.2 Å². The molecule has 0 aliphatic heterocycles. The number of hydrogen-bond donors (Lipinski definition) is 2. The van der Waals surface area contributed by atoms with Crippen molar-refractivity contribution in [1.82, 2.24) is 9.97 Å². The van der Waals surface area contributed by atoms with E-state index in [2.05, 4.69) is 9.97 Å². The van der Waals surface area contributed by atoms with Gasteiger partial charge in [-0.25, -0.2) is 4.98 Å². The zero-order chi connectivity index (χ0) is 11.9. The minimum atomic E-state index is -0.386. The first-order valence-electron chi connectivity index (χ1n) is 4.79. The lowest BCUT2D eigenvalue weighted by molar-refractivity contribution is 0.101. The Labute approximate surface area is 91.3 Å². The predicted octanol–water partition coefficient (Wildman–Crippen LogP) is 1.02. The third-order valence-corrected chi connectivity index (χ3v) is 2.53. The number of pyridine rings is 2. The van der Waals surface area contributed by atoms with Crippen LogP contribution in [0.3, 0.4) is 0 Å². The molecule has 16 heavy (non-hydrogen) atoms. The van der Waals surface area contributed by atoms with Crippen LogP contribution in [0.2, 0.25) is 0 Å². The number of nitrogen functional groups attached to an aromatic ring is 1. The van der Waals surface area contributed by atoms with Crippen LogP contribution in [-0.4, -0.2) is 15.8 Å². The maximum absolute atomic E-state index is 11.7. The standard InChI is InChI=1S/C11H11N3O2/c1-5-7-4-13-9(12)3-8(7)14-11(16)10(5)6(2)15/h3-4H,1-2H3,(H2,12,13)(H,14,16). The van der Waals surface area contributed by atoms with Crippen LogP contribution in [0.15, 0.2) is 17.1 Å². The van der Waals surface area contributed by atoms with E-state index < -0.39 is 0 Å². The molecule has 3 N–H and O–H groups in total. The van der Waals surface area contributed by atoms with E-state index in [1.165, 1.54) is 6.92 Å². The molecule has 0 spiro atoms. The molecule has 0 radical (unpaired) electrons. The summed E-state index contributed by atoms with van der Waals surface area (Å²) in [6.45, 7) is 3.10. The number of carbonyl (C=O) groups excluding carboxylic acids is 1. The van der Waals surface area contributed by atoms with Gasteiger partial charge in [0, 0.05) is 17.6 Å². The van der Waals surface area contributed by atoms with Gasteiger partial charge >= 0.3 is 0 Å². The second kappa shape index (κ2) is 3.44. The number of carbonyl (C=O) groups is 1. The highest BCUT2D eigenvalue weighted by atomic mass is 16.1. The van der Waals surface area contributed by atoms with E-state index in [9.17, 15) is 9.59 Å². The molecule has 5 heteroatoms. The zero-order valence-electron chi connectivity index (χ0n) is 9.00. The van der Waals surface area contributed by atoms with Gasteiger partial charge in [-0.15, -0.1) is 0 Å². The monoisotopic (exact) mass is 217 g/mol. The number of aromatic amines is 1. The highest BCUT2D eigenvalue weighted by molar-refractivity contribution is 5.99. The molecule has 0 fully saturated rings. The highest BCUT2D eigenvalue weighted by Gasteiger charge is 2.13. The van der Waals surface area contributed by atoms with Crippen molar-refractivity contribution < 1.29 is 4.79 Å². The van der Waals surface area contributed by atoms with Crippen LogP contribution in [0, 0.1) is 6.92 Å². The normalized spacial score (nSPS) is 10.6. The van der Waals surface area contributed by atoms with Crippen molar-refractivity contribution in [2.24, 2.45) is 0 Å². The van der Waals surface area contributed by atoms with Crippen LogP contribution in [0.4, 0.5) is 5.82 Å². The summed E-state index contributed by atoms with van der Waals surface area (Å²) in [5.74, 6) is 0.0793. The Balaban J connectivity index is 2.94. The van der Waals surface area contributed by atoms with Crippen molar-refractivity contribution in [2.45, 2.75) is 13.8 Å². The first kappa shape index (κ1) is 10.4. The maximum Gasteiger partial charge on any atom is 0.259 e. The largest absolute Gasteiger partial charge is 0.384 e. The van der Waals surface area contributed by atoms with Gasteiger partial charge in [-0.1, -0.05) is 0 Å². The smallest absolute Gasteiger partial charge is 0.259 e. The Kier molecular flexibility index (Phi) is 2.23. The number of ketones is 1. The Morgan fingerprint density at radius 1 is 1.50 bits per heavy atom. The van der Waals surface area contributed by atoms with Crippen molar-refractivity contribution in [3.63, 3.8) is 0 Å². The third kappa shape index (κ3) is 1.46. The van der Waals surface area contributed by atoms with Crippen molar-refractivity contribution in [2.75, 3.05) is 5.73 Å². The van der Waals surface area contributed by atoms with Gasteiger partial charge in [0.1, 0.15) is 5.82 Å². The molecule has 0 aromatic carbocycles. The van der Waals surface area contributed by atoms with E-state index >= 15 is 0 Å². The Morgan fingerprint density at radius 2 is 2.19 bits per heavy atom. The molecule has 2 aromatic rings. The molecule has 0 unspecified atom stereocenters. The van der Waals surface area contributed by atoms with Crippen molar-refractivity contribution in [1.29, 1.82) is 0 Å². The van der Waals surface area contributed by atoms with Gasteiger partial charge in [0.2, 0.25) is 0 Å². The van der Waals surface area contributed by atoms with Gasteiger partial charge < -0.3 is 10.7 Å². The molecule has 2 rings (SSSR count). The van der Waals surface area contributed by atoms with Crippen LogP contribution in [0.25, 0.3) is 10.9 Å². The van der Waals surface area contributed by atoms with E-state index in [4.69, 9.17) is 5.73 Å². The van der Waals surface area contributed by atoms with Crippen molar-refractivity contribution in [3.8, 4) is 0 Å². The van der Waals surface area contributed by atoms with Crippen LogP contribution in [0.1, 0.15) is 22.8 Å². The van der Waals surface area contributed by atoms with Gasteiger partial charge in [0.15, 0.2) is 5.78 Å². The molecule has 0 atom stereocenters. The van der Waals surface area contributed by atoms with Crippen LogP contribution in [-0.2, 0) is 0 Å². The summed E-state index contributed by atoms with van der Waals surface area (Å²) in [6, 6.07) is 1.58. The molecule has 0 amide bonds. The van der Waals surface area contributed by atoms with Gasteiger partial charge in [-0.3, -0.25) is 9.59 Å². The van der Waals surface area contributed by atoms with Gasteiger partial charge in [0.05, 0.1) is 11.1 Å². The average Bonchev–Trinajstić information content (AvgIpc) is 2.15. The number of Topliss-reactive ketones (excluding diaryl/α,β-unsaturated/α-hetero) is 1. The molecule has 0 bridgehead atoms. The molecule has 0 aliphatic carbocycles. The van der Waals surface area contributed by atoms with Crippen molar-refractivity contribution >= 4 is 22.5 Å². The van der Waals surface area contributed by atoms with Crippen molar-refractivity contribution in [3.05, 3.63) is 33.7 Å². The van der Waals surface area contributed by atoms with E-state index in [1.807, 2.05) is 0 Å². The second-order valence-electron chi connectivity index (χ2n) is 3.67. The molecule has 5 nitrogen and oxygen atoms in total. The number of fused-ring (bicyclic) bond motifs is 1. The topological polar surface area (TPSA) is 88.8 Å². The van der Waals surface area contributed by atoms with Crippen LogP contribution < -0.4 is 11.3 Å². The minimum Gasteiger partial charge on any atom is -0.384 e. The minimum absolute atomic E-state index is 0.180. The lowest BCUT2D eigenvalue weighted by atomic mass is 10.0. The number of H-pyrrole nitrogens is 1. The Morgan fingerprint density at radius 3 is 2.81 bits per heavy atom. The molecular weight excluding hydrogens is 206 g/mol. The number of hydrogen-bond acceptors (Lipinski definition) is 4. The SMILES string of the molecule is CC(=O)c1c(C)c2cnc(N)cc2[nH]c1=O. The van der Waals surface area contributed by atoms with Crippen LogP contribution >= 0.6 is 0 Å². The number of aryl methyl sites for hydroxylation is 1. The second-order valence-corrected chi connectivity index (χ2v) is 3.67. The number of nitrogens with one attached hydrogen (secondary N) is 1. The van der Waals surface area contributed by atoms with Crippen LogP contribution in [0.5, 0.6) is 0 Å². The molecule has 82 valence electrons. The fourth-order valence-electron chi connectivity index (χ4n) is 1.79. The lowest BCUT2D eigenvalue weighted by Crippen LogP contribution is -2.18. The number of nitrogens with zero attached hydrogens (tertiary/aromatic N) is 1. The quantitative estimate of drug-likeness (QED) is 0.698. The molecule has 2 aromatic heterocycles. The number of aromatic nitrogens is 2. The Bertz CT molecular complexity index is 643. The number of nitrogens with two attached hydrogens (primary N) is 1. The summed E-state index contributed by atoms with van der Waals surface area (Å²) in [7, 11) is 0. The fraction of sp³-hybridized carbons (Fsp3) is 0.182. The molecule has 0 saturated heterocycles. The fourth-order valence-corrected chi connectivity index (χ4v) is 1.79. The van der Waals surface area contributed by atoms with Gasteiger partial charge in [-0.05, 0) is 19.4 Å². The summed E-state index contributed by atoms with van der Waals surface area (Å²) in [5.41, 5.74) is 6.55. The third-order valence-electron chi connectivity index (χ3n) is 2.53. The zero-order valence-corrected chi connectivity index (χ0v) is 9.00. The summed E-state index contributed by atoms with van der Waals surface area (Å²) in [6.07, 6.45) is 1.56. The van der Waals surface area contributed by atoms with E-state index in [-0.39, 0.29) is 16.9 Å². The maximum atomic E-state index is 11.7. The molecule has 0 saturated carbocycles. The summed E-state index contributed by atoms with van der Waals surface area (Å²) < 4.78 is 0. The van der Waals surface area contributed by atoms with E-state index in [0.717, 1.165) is 5.39 Å². The van der Waals surface area contributed by atoms with Gasteiger partial charge in [0.25, 0.3) is 5.56 Å². The highest BCUT2D eigenvalue weighted by Crippen LogP contribution is 2.17. The number of anilines is 1.